The molecule has 2 aromatic rings. The van der Waals surface area contributed by atoms with Crippen LogP contribution in [0.2, 0.25) is 0 Å². The lowest BCUT2D eigenvalue weighted by Crippen LogP contribution is -2.19. The van der Waals surface area contributed by atoms with Gasteiger partial charge in [-0.15, -0.1) is 0 Å². The van der Waals surface area contributed by atoms with Crippen LogP contribution in [-0.4, -0.2) is 9.78 Å². The first-order chi connectivity index (χ1) is 8.63. The van der Waals surface area contributed by atoms with Crippen LogP contribution in [-0.2, 0) is 13.0 Å². The quantitative estimate of drug-likeness (QED) is 0.943. The van der Waals surface area contributed by atoms with E-state index in [0.717, 1.165) is 16.7 Å². The standard InChI is InChI=1S/C13H15BrFN3/c1-2-18-13(10(14)8-17-18)12(16)7-9-5-3-4-6-11(9)15/h3-6,8,12H,2,7,16H2,1H3. The predicted molar refractivity (Wildman–Crippen MR) is 72.6 cm³/mol. The molecule has 0 radical (unpaired) electrons. The minimum absolute atomic E-state index is 0.216. The van der Waals surface area contributed by atoms with E-state index in [1.54, 1.807) is 18.3 Å². The maximum absolute atomic E-state index is 13.6. The summed E-state index contributed by atoms with van der Waals surface area (Å²) in [5.74, 6) is -0.216. The van der Waals surface area contributed by atoms with Crippen molar-refractivity contribution in [2.45, 2.75) is 25.9 Å². The summed E-state index contributed by atoms with van der Waals surface area (Å²) in [5, 5.41) is 4.22. The Labute approximate surface area is 114 Å². The van der Waals surface area contributed by atoms with Crippen LogP contribution in [0, 0.1) is 5.82 Å². The zero-order valence-corrected chi connectivity index (χ0v) is 11.7. The van der Waals surface area contributed by atoms with Crippen LogP contribution >= 0.6 is 15.9 Å². The number of hydrogen-bond donors (Lipinski definition) is 1. The molecule has 1 heterocycles. The number of nitrogens with two attached hydrogens (primary N) is 1. The molecule has 2 N–H and O–H groups in total. The van der Waals surface area contributed by atoms with Gasteiger partial charge in [0.05, 0.1) is 22.4 Å². The predicted octanol–water partition coefficient (Wildman–Crippen LogP) is 3.05. The van der Waals surface area contributed by atoms with Crippen LogP contribution in [0.3, 0.4) is 0 Å². The molecule has 0 amide bonds. The first-order valence-electron chi connectivity index (χ1n) is 5.83. The van der Waals surface area contributed by atoms with Crippen molar-refractivity contribution < 1.29 is 4.39 Å². The highest BCUT2D eigenvalue weighted by molar-refractivity contribution is 9.10. The highest BCUT2D eigenvalue weighted by Gasteiger charge is 2.17. The van der Waals surface area contributed by atoms with Crippen molar-refractivity contribution in [2.75, 3.05) is 0 Å². The van der Waals surface area contributed by atoms with Gasteiger partial charge in [0.15, 0.2) is 0 Å². The Morgan fingerprint density at radius 2 is 2.17 bits per heavy atom. The Hall–Kier alpha value is -1.20. The maximum atomic E-state index is 13.6. The molecule has 0 spiro atoms. The van der Waals surface area contributed by atoms with Crippen LogP contribution in [0.1, 0.15) is 24.2 Å². The molecule has 3 nitrogen and oxygen atoms in total. The molecule has 0 saturated carbocycles. The van der Waals surface area contributed by atoms with E-state index in [2.05, 4.69) is 21.0 Å². The van der Waals surface area contributed by atoms with E-state index < -0.39 is 0 Å². The molecule has 1 aromatic heterocycles. The first kappa shape index (κ1) is 13.2. The average molecular weight is 312 g/mol. The fourth-order valence-corrected chi connectivity index (χ4v) is 2.58. The summed E-state index contributed by atoms with van der Waals surface area (Å²) < 4.78 is 16.3. The molecule has 1 atom stereocenters. The topological polar surface area (TPSA) is 43.8 Å². The van der Waals surface area contributed by atoms with Crippen LogP contribution in [0.5, 0.6) is 0 Å². The Bertz CT molecular complexity index is 539. The second-order valence-corrected chi connectivity index (χ2v) is 4.95. The van der Waals surface area contributed by atoms with Gasteiger partial charge in [-0.3, -0.25) is 4.68 Å². The summed E-state index contributed by atoms with van der Waals surface area (Å²) >= 11 is 3.43. The molecule has 5 heteroatoms. The smallest absolute Gasteiger partial charge is 0.126 e. The molecule has 1 aromatic carbocycles. The summed E-state index contributed by atoms with van der Waals surface area (Å²) in [6.45, 7) is 2.74. The molecule has 0 fully saturated rings. The van der Waals surface area contributed by atoms with Crippen molar-refractivity contribution in [2.24, 2.45) is 5.73 Å². The van der Waals surface area contributed by atoms with Gasteiger partial charge in [-0.2, -0.15) is 5.10 Å². The van der Waals surface area contributed by atoms with E-state index in [-0.39, 0.29) is 11.9 Å². The van der Waals surface area contributed by atoms with Crippen LogP contribution in [0.15, 0.2) is 34.9 Å². The summed E-state index contributed by atoms with van der Waals surface area (Å²) in [4.78, 5) is 0. The summed E-state index contributed by atoms with van der Waals surface area (Å²) in [5.41, 5.74) is 7.69. The van der Waals surface area contributed by atoms with Crippen molar-refractivity contribution in [3.63, 3.8) is 0 Å². The monoisotopic (exact) mass is 311 g/mol. The molecule has 0 bridgehead atoms. The number of halogens is 2. The Kier molecular flexibility index (Phi) is 4.14. The van der Waals surface area contributed by atoms with Crippen LogP contribution in [0.4, 0.5) is 4.39 Å². The van der Waals surface area contributed by atoms with E-state index in [9.17, 15) is 4.39 Å². The number of hydrogen-bond acceptors (Lipinski definition) is 2. The van der Waals surface area contributed by atoms with Gasteiger partial charge >= 0.3 is 0 Å². The third-order valence-electron chi connectivity index (χ3n) is 2.88. The van der Waals surface area contributed by atoms with E-state index in [0.29, 0.717) is 12.0 Å². The average Bonchev–Trinajstić information content (AvgIpc) is 2.73. The SMILES string of the molecule is CCn1ncc(Br)c1C(N)Cc1ccccc1F. The normalized spacial score (nSPS) is 12.7. The Balaban J connectivity index is 2.24. The van der Waals surface area contributed by atoms with Crippen molar-refractivity contribution >= 4 is 15.9 Å². The van der Waals surface area contributed by atoms with Gasteiger partial charge in [0.25, 0.3) is 0 Å². The lowest BCUT2D eigenvalue weighted by Gasteiger charge is -2.14. The lowest BCUT2D eigenvalue weighted by atomic mass is 10.0. The number of benzene rings is 1. The van der Waals surface area contributed by atoms with Crippen molar-refractivity contribution in [1.82, 2.24) is 9.78 Å². The van der Waals surface area contributed by atoms with Crippen LogP contribution < -0.4 is 5.73 Å². The van der Waals surface area contributed by atoms with Gasteiger partial charge in [-0.05, 0) is 40.9 Å². The number of nitrogens with zero attached hydrogens (tertiary/aromatic N) is 2. The van der Waals surface area contributed by atoms with E-state index in [1.807, 2.05) is 17.7 Å². The van der Waals surface area contributed by atoms with Gasteiger partial charge in [-0.25, -0.2) is 4.39 Å². The summed E-state index contributed by atoms with van der Waals surface area (Å²) in [6, 6.07) is 6.43. The second kappa shape index (κ2) is 5.63. The maximum Gasteiger partial charge on any atom is 0.126 e. The van der Waals surface area contributed by atoms with Crippen molar-refractivity contribution in [3.8, 4) is 0 Å². The molecule has 96 valence electrons. The van der Waals surface area contributed by atoms with E-state index in [4.69, 9.17) is 5.73 Å². The highest BCUT2D eigenvalue weighted by atomic mass is 79.9. The Morgan fingerprint density at radius 3 is 2.83 bits per heavy atom. The number of rotatable bonds is 4. The molecule has 1 unspecified atom stereocenters. The molecule has 0 aliphatic heterocycles. The molecular weight excluding hydrogens is 297 g/mol. The first-order valence-corrected chi connectivity index (χ1v) is 6.63. The van der Waals surface area contributed by atoms with E-state index in [1.165, 1.54) is 6.07 Å². The lowest BCUT2D eigenvalue weighted by molar-refractivity contribution is 0.549. The molecule has 18 heavy (non-hydrogen) atoms. The largest absolute Gasteiger partial charge is 0.322 e. The van der Waals surface area contributed by atoms with Gasteiger partial charge < -0.3 is 5.73 Å². The minimum atomic E-state index is -0.279. The van der Waals surface area contributed by atoms with Gasteiger partial charge in [-0.1, -0.05) is 18.2 Å². The summed E-state index contributed by atoms with van der Waals surface area (Å²) in [6.07, 6.45) is 2.18. The summed E-state index contributed by atoms with van der Waals surface area (Å²) in [7, 11) is 0. The fraction of sp³-hybridized carbons (Fsp3) is 0.308. The van der Waals surface area contributed by atoms with Crippen molar-refractivity contribution in [3.05, 3.63) is 52.0 Å². The molecule has 0 saturated heterocycles. The molecule has 0 aliphatic rings. The van der Waals surface area contributed by atoms with Gasteiger partial charge in [0.1, 0.15) is 5.82 Å². The van der Waals surface area contributed by atoms with Gasteiger partial charge in [0, 0.05) is 6.54 Å². The highest BCUT2D eigenvalue weighted by Crippen LogP contribution is 2.25. The fourth-order valence-electron chi connectivity index (χ4n) is 1.99. The van der Waals surface area contributed by atoms with E-state index >= 15 is 0 Å². The third kappa shape index (κ3) is 2.62. The second-order valence-electron chi connectivity index (χ2n) is 4.10. The van der Waals surface area contributed by atoms with Gasteiger partial charge in [0.2, 0.25) is 0 Å². The van der Waals surface area contributed by atoms with Crippen LogP contribution in [0.25, 0.3) is 0 Å². The zero-order valence-electron chi connectivity index (χ0n) is 10.1. The minimum Gasteiger partial charge on any atom is -0.322 e. The van der Waals surface area contributed by atoms with Crippen molar-refractivity contribution in [1.29, 1.82) is 0 Å². The number of aromatic nitrogens is 2. The molecule has 0 aliphatic carbocycles. The third-order valence-corrected chi connectivity index (χ3v) is 3.49. The zero-order chi connectivity index (χ0) is 13.1. The molecular formula is C13H15BrFN3. The Morgan fingerprint density at radius 1 is 1.44 bits per heavy atom. The number of aryl methyl sites for hydroxylation is 1. The molecule has 2 rings (SSSR count).